The minimum Gasteiger partial charge on any atom is -0.337 e. The van der Waals surface area contributed by atoms with Crippen LogP contribution in [0.15, 0.2) is 42.5 Å². The van der Waals surface area contributed by atoms with Crippen LogP contribution in [0.3, 0.4) is 0 Å². The van der Waals surface area contributed by atoms with Crippen molar-refractivity contribution in [3.8, 4) is 6.07 Å². The van der Waals surface area contributed by atoms with Crippen LogP contribution in [0, 0.1) is 25.2 Å². The van der Waals surface area contributed by atoms with Gasteiger partial charge in [0.05, 0.1) is 11.6 Å². The van der Waals surface area contributed by atoms with Crippen molar-refractivity contribution in [3.63, 3.8) is 0 Å². The average Bonchev–Trinajstić information content (AvgIpc) is 2.93. The molecular weight excluding hydrogens is 338 g/mol. The number of benzene rings is 2. The number of hydrogen-bond acceptors (Lipinski definition) is 3. The standard InChI is InChI=1S/C22H23N3O2/c1-16-7-8-20(17(2)13-16)22(27)25-10-4-9-24(11-12-25)21(26)19-6-3-5-18(14-19)15-23/h3,5-8,13-14H,4,9-12H2,1-2H3. The first kappa shape index (κ1) is 18.7. The van der Waals surface area contributed by atoms with Gasteiger partial charge in [-0.3, -0.25) is 9.59 Å². The van der Waals surface area contributed by atoms with E-state index in [-0.39, 0.29) is 11.8 Å². The molecule has 2 aromatic rings. The average molecular weight is 361 g/mol. The van der Waals surface area contributed by atoms with E-state index in [1.165, 1.54) is 0 Å². The van der Waals surface area contributed by atoms with Gasteiger partial charge in [0.15, 0.2) is 0 Å². The van der Waals surface area contributed by atoms with E-state index in [1.807, 2.05) is 36.9 Å². The Bertz CT molecular complexity index is 914. The molecule has 0 unspecified atom stereocenters. The summed E-state index contributed by atoms with van der Waals surface area (Å²) in [4.78, 5) is 29.3. The highest BCUT2D eigenvalue weighted by Gasteiger charge is 2.24. The zero-order valence-electron chi connectivity index (χ0n) is 15.7. The first-order chi connectivity index (χ1) is 13.0. The van der Waals surface area contributed by atoms with Crippen LogP contribution in [0.4, 0.5) is 0 Å². The van der Waals surface area contributed by atoms with Crippen LogP contribution in [-0.4, -0.2) is 47.8 Å². The lowest BCUT2D eigenvalue weighted by molar-refractivity contribution is 0.0718. The fraction of sp³-hybridized carbons (Fsp3) is 0.318. The van der Waals surface area contributed by atoms with Gasteiger partial charge in [0.25, 0.3) is 11.8 Å². The van der Waals surface area contributed by atoms with E-state index < -0.39 is 0 Å². The fourth-order valence-electron chi connectivity index (χ4n) is 3.45. The molecule has 1 fully saturated rings. The van der Waals surface area contributed by atoms with Gasteiger partial charge in [-0.25, -0.2) is 0 Å². The van der Waals surface area contributed by atoms with Crippen LogP contribution >= 0.6 is 0 Å². The first-order valence-electron chi connectivity index (χ1n) is 9.15. The van der Waals surface area contributed by atoms with Gasteiger partial charge < -0.3 is 9.80 Å². The van der Waals surface area contributed by atoms with E-state index in [0.29, 0.717) is 37.3 Å². The smallest absolute Gasteiger partial charge is 0.254 e. The summed E-state index contributed by atoms with van der Waals surface area (Å²) in [5.74, 6) is -0.0683. The second-order valence-electron chi connectivity index (χ2n) is 6.95. The molecule has 1 aliphatic heterocycles. The molecule has 1 saturated heterocycles. The lowest BCUT2D eigenvalue weighted by atomic mass is 10.0. The molecule has 0 atom stereocenters. The normalized spacial score (nSPS) is 14.4. The molecule has 5 nitrogen and oxygen atoms in total. The number of aryl methyl sites for hydroxylation is 2. The summed E-state index contributed by atoms with van der Waals surface area (Å²) >= 11 is 0. The molecule has 2 aromatic carbocycles. The van der Waals surface area contributed by atoms with E-state index in [2.05, 4.69) is 6.07 Å². The maximum Gasteiger partial charge on any atom is 0.254 e. The van der Waals surface area contributed by atoms with Crippen LogP contribution in [-0.2, 0) is 0 Å². The predicted molar refractivity (Wildman–Crippen MR) is 103 cm³/mol. The van der Waals surface area contributed by atoms with Crippen LogP contribution in [0.1, 0.15) is 43.8 Å². The third kappa shape index (κ3) is 4.17. The summed E-state index contributed by atoms with van der Waals surface area (Å²) in [5, 5.41) is 9.02. The molecular formula is C22H23N3O2. The number of carbonyl (C=O) groups is 2. The fourth-order valence-corrected chi connectivity index (χ4v) is 3.45. The van der Waals surface area contributed by atoms with E-state index in [9.17, 15) is 9.59 Å². The van der Waals surface area contributed by atoms with E-state index in [4.69, 9.17) is 5.26 Å². The summed E-state index contributed by atoms with van der Waals surface area (Å²) in [5.41, 5.74) is 3.83. The molecule has 1 aliphatic rings. The third-order valence-corrected chi connectivity index (χ3v) is 4.92. The van der Waals surface area contributed by atoms with Crippen LogP contribution in [0.5, 0.6) is 0 Å². The molecule has 0 spiro atoms. The van der Waals surface area contributed by atoms with Crippen molar-refractivity contribution in [2.45, 2.75) is 20.3 Å². The van der Waals surface area contributed by atoms with E-state index in [0.717, 1.165) is 23.1 Å². The molecule has 2 amide bonds. The molecule has 0 aliphatic carbocycles. The van der Waals surface area contributed by atoms with Gasteiger partial charge in [0.2, 0.25) is 0 Å². The van der Waals surface area contributed by atoms with E-state index >= 15 is 0 Å². The van der Waals surface area contributed by atoms with Crippen molar-refractivity contribution >= 4 is 11.8 Å². The van der Waals surface area contributed by atoms with E-state index in [1.54, 1.807) is 29.2 Å². The summed E-state index contributed by atoms with van der Waals surface area (Å²) in [6.45, 7) is 6.20. The van der Waals surface area contributed by atoms with Gasteiger partial charge in [-0.2, -0.15) is 5.26 Å². The summed E-state index contributed by atoms with van der Waals surface area (Å²) in [6.07, 6.45) is 0.736. The van der Waals surface area contributed by atoms with Crippen molar-refractivity contribution in [2.24, 2.45) is 0 Å². The number of nitrogens with zero attached hydrogens (tertiary/aromatic N) is 3. The Hall–Kier alpha value is -3.13. The molecule has 138 valence electrons. The maximum absolute atomic E-state index is 12.9. The lowest BCUT2D eigenvalue weighted by Crippen LogP contribution is -2.37. The second kappa shape index (κ2) is 8.05. The molecule has 3 rings (SSSR count). The van der Waals surface area contributed by atoms with Crippen molar-refractivity contribution < 1.29 is 9.59 Å². The number of nitriles is 1. The monoisotopic (exact) mass is 361 g/mol. The Kier molecular flexibility index (Phi) is 5.56. The highest BCUT2D eigenvalue weighted by Crippen LogP contribution is 2.16. The summed E-state index contributed by atoms with van der Waals surface area (Å²) in [6, 6.07) is 14.7. The van der Waals surface area contributed by atoms with Crippen LogP contribution in [0.25, 0.3) is 0 Å². The third-order valence-electron chi connectivity index (χ3n) is 4.92. The first-order valence-corrected chi connectivity index (χ1v) is 9.15. The number of amides is 2. The van der Waals surface area contributed by atoms with Gasteiger partial charge in [0, 0.05) is 37.3 Å². The molecule has 1 heterocycles. The van der Waals surface area contributed by atoms with Gasteiger partial charge in [-0.1, -0.05) is 23.8 Å². The Balaban J connectivity index is 1.70. The maximum atomic E-state index is 12.9. The molecule has 5 heteroatoms. The Morgan fingerprint density at radius 1 is 0.926 bits per heavy atom. The van der Waals surface area contributed by atoms with Gasteiger partial charge in [-0.15, -0.1) is 0 Å². The van der Waals surface area contributed by atoms with Crippen molar-refractivity contribution in [2.75, 3.05) is 26.2 Å². The molecule has 0 radical (unpaired) electrons. The van der Waals surface area contributed by atoms with Crippen molar-refractivity contribution in [1.29, 1.82) is 5.26 Å². The van der Waals surface area contributed by atoms with Gasteiger partial charge in [0.1, 0.15) is 0 Å². The Morgan fingerprint density at radius 2 is 1.63 bits per heavy atom. The highest BCUT2D eigenvalue weighted by atomic mass is 16.2. The minimum absolute atomic E-state index is 0.0216. The Morgan fingerprint density at radius 3 is 2.30 bits per heavy atom. The second-order valence-corrected chi connectivity index (χ2v) is 6.95. The van der Waals surface area contributed by atoms with Crippen molar-refractivity contribution in [3.05, 3.63) is 70.3 Å². The predicted octanol–water partition coefficient (Wildman–Crippen LogP) is 3.16. The zero-order valence-corrected chi connectivity index (χ0v) is 15.7. The quantitative estimate of drug-likeness (QED) is 0.825. The number of hydrogen-bond donors (Lipinski definition) is 0. The van der Waals surface area contributed by atoms with Gasteiger partial charge >= 0.3 is 0 Å². The van der Waals surface area contributed by atoms with Crippen LogP contribution in [0.2, 0.25) is 0 Å². The lowest BCUT2D eigenvalue weighted by Gasteiger charge is -2.23. The molecule has 27 heavy (non-hydrogen) atoms. The molecule has 0 N–H and O–H groups in total. The van der Waals surface area contributed by atoms with Gasteiger partial charge in [-0.05, 0) is 50.1 Å². The highest BCUT2D eigenvalue weighted by molar-refractivity contribution is 5.96. The molecule has 0 aromatic heterocycles. The number of carbonyl (C=O) groups excluding carboxylic acids is 2. The topological polar surface area (TPSA) is 64.4 Å². The zero-order chi connectivity index (χ0) is 19.4. The molecule has 0 bridgehead atoms. The van der Waals surface area contributed by atoms with Crippen molar-refractivity contribution in [1.82, 2.24) is 9.80 Å². The Labute approximate surface area is 159 Å². The SMILES string of the molecule is Cc1ccc(C(=O)N2CCCN(C(=O)c3cccc(C#N)c3)CC2)c(C)c1. The summed E-state index contributed by atoms with van der Waals surface area (Å²) in [7, 11) is 0. The molecule has 0 saturated carbocycles. The number of rotatable bonds is 2. The summed E-state index contributed by atoms with van der Waals surface area (Å²) < 4.78 is 0. The van der Waals surface area contributed by atoms with Crippen LogP contribution < -0.4 is 0 Å². The largest absolute Gasteiger partial charge is 0.337 e. The minimum atomic E-state index is -0.0899.